The minimum Gasteiger partial charge on any atom is -0.369 e. The van der Waals surface area contributed by atoms with Crippen LogP contribution in [-0.4, -0.2) is 48.6 Å². The molecule has 108 valence electrons. The van der Waals surface area contributed by atoms with Crippen LogP contribution in [0.2, 0.25) is 0 Å². The van der Waals surface area contributed by atoms with Gasteiger partial charge in [-0.05, 0) is 27.2 Å². The Balaban J connectivity index is 2.41. The zero-order valence-electron chi connectivity index (χ0n) is 12.0. The van der Waals surface area contributed by atoms with Crippen LogP contribution in [0.1, 0.15) is 24.7 Å². The van der Waals surface area contributed by atoms with Gasteiger partial charge < -0.3 is 5.32 Å². The normalized spacial score (nSPS) is 11.8. The number of aryl methyl sites for hydroxylation is 2. The molecular formula is C12H22N4O2S. The van der Waals surface area contributed by atoms with Crippen molar-refractivity contribution >= 4 is 15.8 Å². The molecule has 0 aromatic carbocycles. The monoisotopic (exact) mass is 286 g/mol. The lowest BCUT2D eigenvalue weighted by molar-refractivity contribution is 0.466. The molecule has 0 aliphatic rings. The number of sulfonamides is 1. The molecule has 19 heavy (non-hydrogen) atoms. The van der Waals surface area contributed by atoms with Gasteiger partial charge in [0.2, 0.25) is 10.0 Å². The third-order valence-electron chi connectivity index (χ3n) is 2.86. The lowest BCUT2D eigenvalue weighted by atomic mass is 10.3. The lowest BCUT2D eigenvalue weighted by Gasteiger charge is -2.16. The van der Waals surface area contributed by atoms with E-state index in [1.807, 2.05) is 13.8 Å². The summed E-state index contributed by atoms with van der Waals surface area (Å²) in [5.74, 6) is 0.903. The second-order valence-electron chi connectivity index (χ2n) is 4.45. The Morgan fingerprint density at radius 1 is 1.37 bits per heavy atom. The molecule has 0 aliphatic carbocycles. The minimum absolute atomic E-state index is 0.138. The lowest BCUT2D eigenvalue weighted by Crippen LogP contribution is -2.30. The van der Waals surface area contributed by atoms with Crippen molar-refractivity contribution in [2.75, 3.05) is 31.2 Å². The van der Waals surface area contributed by atoms with E-state index in [1.165, 1.54) is 4.31 Å². The Hall–Kier alpha value is -1.21. The Kier molecular flexibility index (Phi) is 5.68. The summed E-state index contributed by atoms with van der Waals surface area (Å²) in [6, 6.07) is 0. The van der Waals surface area contributed by atoms with E-state index in [-0.39, 0.29) is 5.75 Å². The smallest absolute Gasteiger partial charge is 0.213 e. The predicted octanol–water partition coefficient (Wildman–Crippen LogP) is 1.18. The quantitative estimate of drug-likeness (QED) is 0.762. The highest BCUT2D eigenvalue weighted by atomic mass is 32.2. The molecule has 0 bridgehead atoms. The van der Waals surface area contributed by atoms with E-state index in [2.05, 4.69) is 15.3 Å². The van der Waals surface area contributed by atoms with E-state index < -0.39 is 10.0 Å². The molecule has 0 unspecified atom stereocenters. The third kappa shape index (κ3) is 4.76. The van der Waals surface area contributed by atoms with Crippen molar-refractivity contribution in [3.63, 3.8) is 0 Å². The second-order valence-corrected chi connectivity index (χ2v) is 6.81. The van der Waals surface area contributed by atoms with Gasteiger partial charge in [-0.1, -0.05) is 0 Å². The van der Waals surface area contributed by atoms with Crippen LogP contribution in [0.5, 0.6) is 0 Å². The van der Waals surface area contributed by atoms with Crippen LogP contribution in [-0.2, 0) is 10.0 Å². The summed E-state index contributed by atoms with van der Waals surface area (Å²) in [4.78, 5) is 8.56. The molecule has 0 atom stereocenters. The fourth-order valence-corrected chi connectivity index (χ4v) is 2.42. The first kappa shape index (κ1) is 15.8. The van der Waals surface area contributed by atoms with Crippen molar-refractivity contribution in [3.8, 4) is 0 Å². The molecule has 1 heterocycles. The first-order valence-corrected chi connectivity index (χ1v) is 7.96. The highest BCUT2D eigenvalue weighted by molar-refractivity contribution is 7.89. The van der Waals surface area contributed by atoms with Crippen LogP contribution in [0.15, 0.2) is 6.20 Å². The standard InChI is InChI=1S/C12H22N4O2S/c1-5-19(17,18)16(4)8-6-7-13-12-11(3)14-9-10(2)15-12/h9H,5-8H2,1-4H3,(H,13,15). The Morgan fingerprint density at radius 2 is 2.05 bits per heavy atom. The molecule has 0 fully saturated rings. The average molecular weight is 286 g/mol. The molecule has 0 radical (unpaired) electrons. The molecular weight excluding hydrogens is 264 g/mol. The van der Waals surface area contributed by atoms with Gasteiger partial charge in [-0.2, -0.15) is 0 Å². The molecule has 7 heteroatoms. The number of rotatable bonds is 7. The van der Waals surface area contributed by atoms with Gasteiger partial charge in [0.15, 0.2) is 0 Å². The summed E-state index contributed by atoms with van der Waals surface area (Å²) in [5, 5.41) is 3.18. The summed E-state index contributed by atoms with van der Waals surface area (Å²) in [7, 11) is -1.47. The van der Waals surface area contributed by atoms with Gasteiger partial charge in [-0.15, -0.1) is 0 Å². The summed E-state index contributed by atoms with van der Waals surface area (Å²) in [6.07, 6.45) is 2.45. The Labute approximate surface area is 115 Å². The van der Waals surface area contributed by atoms with Crippen LogP contribution in [0.25, 0.3) is 0 Å². The number of hydrogen-bond acceptors (Lipinski definition) is 5. The summed E-state index contributed by atoms with van der Waals surface area (Å²) >= 11 is 0. The average Bonchev–Trinajstić information content (AvgIpc) is 2.38. The number of aromatic nitrogens is 2. The molecule has 6 nitrogen and oxygen atoms in total. The van der Waals surface area contributed by atoms with Crippen molar-refractivity contribution in [2.45, 2.75) is 27.2 Å². The Bertz CT molecular complexity index is 516. The van der Waals surface area contributed by atoms with Gasteiger partial charge in [0.25, 0.3) is 0 Å². The highest BCUT2D eigenvalue weighted by Gasteiger charge is 2.13. The van der Waals surface area contributed by atoms with Gasteiger partial charge >= 0.3 is 0 Å². The van der Waals surface area contributed by atoms with Crippen molar-refractivity contribution in [2.24, 2.45) is 0 Å². The van der Waals surface area contributed by atoms with Gasteiger partial charge in [0.05, 0.1) is 17.1 Å². The summed E-state index contributed by atoms with van der Waals surface area (Å²) < 4.78 is 24.5. The van der Waals surface area contributed by atoms with Crippen LogP contribution >= 0.6 is 0 Å². The van der Waals surface area contributed by atoms with Crippen molar-refractivity contribution in [1.29, 1.82) is 0 Å². The van der Waals surface area contributed by atoms with E-state index in [0.29, 0.717) is 13.1 Å². The van der Waals surface area contributed by atoms with E-state index in [4.69, 9.17) is 0 Å². The van der Waals surface area contributed by atoms with Crippen molar-refractivity contribution in [3.05, 3.63) is 17.6 Å². The maximum atomic E-state index is 11.5. The van der Waals surface area contributed by atoms with Gasteiger partial charge in [-0.25, -0.2) is 17.7 Å². The summed E-state index contributed by atoms with van der Waals surface area (Å²) in [5.41, 5.74) is 1.71. The van der Waals surface area contributed by atoms with Gasteiger partial charge in [0.1, 0.15) is 5.82 Å². The highest BCUT2D eigenvalue weighted by Crippen LogP contribution is 2.08. The zero-order chi connectivity index (χ0) is 14.5. The molecule has 0 saturated heterocycles. The maximum absolute atomic E-state index is 11.5. The maximum Gasteiger partial charge on any atom is 0.213 e. The zero-order valence-corrected chi connectivity index (χ0v) is 12.8. The van der Waals surface area contributed by atoms with Crippen molar-refractivity contribution < 1.29 is 8.42 Å². The predicted molar refractivity (Wildman–Crippen MR) is 76.7 cm³/mol. The van der Waals surface area contributed by atoms with E-state index in [9.17, 15) is 8.42 Å². The van der Waals surface area contributed by atoms with Crippen LogP contribution < -0.4 is 5.32 Å². The Morgan fingerprint density at radius 3 is 2.68 bits per heavy atom. The minimum atomic E-state index is -3.08. The summed E-state index contributed by atoms with van der Waals surface area (Å²) in [6.45, 7) is 6.60. The molecule has 0 saturated carbocycles. The number of nitrogens with one attached hydrogen (secondary N) is 1. The molecule has 0 aliphatic heterocycles. The number of hydrogen-bond donors (Lipinski definition) is 1. The van der Waals surface area contributed by atoms with Crippen LogP contribution in [0.3, 0.4) is 0 Å². The SMILES string of the molecule is CCS(=O)(=O)N(C)CCCNc1nc(C)cnc1C. The molecule has 1 N–H and O–H groups in total. The fraction of sp³-hybridized carbons (Fsp3) is 0.667. The third-order valence-corrected chi connectivity index (χ3v) is 4.72. The topological polar surface area (TPSA) is 75.2 Å². The van der Waals surface area contributed by atoms with Gasteiger partial charge in [0, 0.05) is 26.3 Å². The number of nitrogens with zero attached hydrogens (tertiary/aromatic N) is 3. The first-order chi connectivity index (χ1) is 8.86. The fourth-order valence-electron chi connectivity index (χ4n) is 1.57. The molecule has 0 amide bonds. The van der Waals surface area contributed by atoms with E-state index in [0.717, 1.165) is 23.6 Å². The van der Waals surface area contributed by atoms with Crippen LogP contribution in [0, 0.1) is 13.8 Å². The van der Waals surface area contributed by atoms with Gasteiger partial charge in [-0.3, -0.25) is 4.98 Å². The largest absolute Gasteiger partial charge is 0.369 e. The molecule has 1 aromatic heterocycles. The molecule has 1 aromatic rings. The second kappa shape index (κ2) is 6.81. The number of anilines is 1. The van der Waals surface area contributed by atoms with E-state index in [1.54, 1.807) is 20.2 Å². The molecule has 1 rings (SSSR count). The van der Waals surface area contributed by atoms with Crippen LogP contribution in [0.4, 0.5) is 5.82 Å². The first-order valence-electron chi connectivity index (χ1n) is 6.35. The van der Waals surface area contributed by atoms with Crippen molar-refractivity contribution in [1.82, 2.24) is 14.3 Å². The van der Waals surface area contributed by atoms with E-state index >= 15 is 0 Å². The molecule has 0 spiro atoms.